The number of carboxylic acids is 4. The predicted molar refractivity (Wildman–Crippen MR) is 109 cm³/mol. The lowest BCUT2D eigenvalue weighted by molar-refractivity contribution is -0.134. The lowest BCUT2D eigenvalue weighted by Crippen LogP contribution is -2.34. The molecule has 0 unspecified atom stereocenters. The number of rotatable bonds is 7. The summed E-state index contributed by atoms with van der Waals surface area (Å²) < 4.78 is 0. The molecule has 1 aliphatic rings. The van der Waals surface area contributed by atoms with E-state index < -0.39 is 23.9 Å². The minimum atomic E-state index is -1.26. The first-order valence-electron chi connectivity index (χ1n) is 8.80. The van der Waals surface area contributed by atoms with Crippen LogP contribution in [0.1, 0.15) is 30.3 Å². The molecular weight excluding hydrogens is 418 g/mol. The Morgan fingerprint density at radius 1 is 1.03 bits per heavy atom. The molecule has 0 saturated carbocycles. The maximum absolute atomic E-state index is 9.55. The van der Waals surface area contributed by atoms with Crippen molar-refractivity contribution in [3.05, 3.63) is 34.9 Å². The van der Waals surface area contributed by atoms with Crippen LogP contribution in [-0.4, -0.2) is 61.9 Å². The van der Waals surface area contributed by atoms with E-state index in [-0.39, 0.29) is 0 Å². The van der Waals surface area contributed by atoms with Gasteiger partial charge in [-0.3, -0.25) is 0 Å². The molecule has 0 radical (unpaired) electrons. The van der Waals surface area contributed by atoms with Crippen LogP contribution in [0.4, 0.5) is 5.13 Å². The van der Waals surface area contributed by atoms with Crippen LogP contribution in [0.25, 0.3) is 0 Å². The van der Waals surface area contributed by atoms with Gasteiger partial charge < -0.3 is 31.5 Å². The van der Waals surface area contributed by atoms with Gasteiger partial charge in [-0.25, -0.2) is 24.2 Å². The lowest BCUT2D eigenvalue weighted by Gasteiger charge is -2.21. The summed E-state index contributed by atoms with van der Waals surface area (Å²) in [7, 11) is 0. The number of aryl methyl sites for hydroxylation is 1. The standard InChI is InChI=1S/C10H17N3S.2C4H4O4/c1-2-5-12-7-3-4-8-9(6-7)14-10(11)13-8;2*5-3(6)1-2-4(7)8/h7,12H,2-6H2,1H3,(H2,11,13);2*1-2H,(H,5,6)(H,7,8)/b;2*2-1+/t7-;;/m1../s1. The Kier molecular flexibility index (Phi) is 13.1. The van der Waals surface area contributed by atoms with E-state index in [1.807, 2.05) is 0 Å². The van der Waals surface area contributed by atoms with Crippen molar-refractivity contribution >= 4 is 40.3 Å². The van der Waals surface area contributed by atoms with Gasteiger partial charge in [-0.1, -0.05) is 6.92 Å². The van der Waals surface area contributed by atoms with E-state index in [9.17, 15) is 19.2 Å². The van der Waals surface area contributed by atoms with Crippen LogP contribution in [0.5, 0.6) is 0 Å². The third kappa shape index (κ3) is 13.8. The summed E-state index contributed by atoms with van der Waals surface area (Å²) in [5, 5.41) is 35.5. The quantitative estimate of drug-likeness (QED) is 0.328. The molecule has 1 heterocycles. The molecule has 0 spiro atoms. The summed E-state index contributed by atoms with van der Waals surface area (Å²) in [4.78, 5) is 43.9. The number of hydrogen-bond donors (Lipinski definition) is 6. The van der Waals surface area contributed by atoms with E-state index in [4.69, 9.17) is 26.2 Å². The minimum Gasteiger partial charge on any atom is -0.478 e. The summed E-state index contributed by atoms with van der Waals surface area (Å²) in [5.41, 5.74) is 6.93. The highest BCUT2D eigenvalue weighted by atomic mass is 32.1. The number of aliphatic carboxylic acids is 4. The molecule has 0 aliphatic heterocycles. The number of nitrogens with one attached hydrogen (secondary N) is 1. The largest absolute Gasteiger partial charge is 0.478 e. The minimum absolute atomic E-state index is 0.558. The molecule has 1 aliphatic carbocycles. The molecular formula is C18H25N3O8S. The summed E-state index contributed by atoms with van der Waals surface area (Å²) in [6.07, 6.45) is 6.84. The zero-order chi connectivity index (χ0) is 23.1. The summed E-state index contributed by atoms with van der Waals surface area (Å²) >= 11 is 1.65. The summed E-state index contributed by atoms with van der Waals surface area (Å²) in [5.74, 6) is -5.03. The van der Waals surface area contributed by atoms with Crippen LogP contribution in [-0.2, 0) is 32.0 Å². The van der Waals surface area contributed by atoms with Crippen LogP contribution in [0.3, 0.4) is 0 Å². The molecule has 0 fully saturated rings. The molecule has 1 atom stereocenters. The number of fused-ring (bicyclic) bond motifs is 1. The zero-order valence-electron chi connectivity index (χ0n) is 16.3. The second-order valence-corrected chi connectivity index (χ2v) is 6.95. The number of carboxylic acid groups (broad SMARTS) is 4. The van der Waals surface area contributed by atoms with Crippen LogP contribution in [0.15, 0.2) is 24.3 Å². The van der Waals surface area contributed by atoms with Crippen LogP contribution >= 0.6 is 11.3 Å². The van der Waals surface area contributed by atoms with Gasteiger partial charge in [0.2, 0.25) is 0 Å². The van der Waals surface area contributed by atoms with Crippen molar-refractivity contribution < 1.29 is 39.6 Å². The Balaban J connectivity index is 0.000000456. The number of nitrogens with zero attached hydrogens (tertiary/aromatic N) is 1. The average molecular weight is 443 g/mol. The number of carbonyl (C=O) groups is 4. The third-order valence-electron chi connectivity index (χ3n) is 3.38. The highest BCUT2D eigenvalue weighted by molar-refractivity contribution is 7.15. The van der Waals surface area contributed by atoms with Crippen molar-refractivity contribution in [2.45, 2.75) is 38.6 Å². The van der Waals surface area contributed by atoms with Gasteiger partial charge in [0.25, 0.3) is 0 Å². The molecule has 0 bridgehead atoms. The summed E-state index contributed by atoms with van der Waals surface area (Å²) in [6.45, 7) is 3.32. The second-order valence-electron chi connectivity index (χ2n) is 5.84. The monoisotopic (exact) mass is 443 g/mol. The topological polar surface area (TPSA) is 200 Å². The average Bonchev–Trinajstić information content (AvgIpc) is 3.03. The van der Waals surface area contributed by atoms with Gasteiger partial charge in [-0.2, -0.15) is 0 Å². The Hall–Kier alpha value is -3.25. The van der Waals surface area contributed by atoms with Gasteiger partial charge in [0.15, 0.2) is 5.13 Å². The third-order valence-corrected chi connectivity index (χ3v) is 4.33. The van der Waals surface area contributed by atoms with Crippen LogP contribution in [0.2, 0.25) is 0 Å². The van der Waals surface area contributed by atoms with E-state index in [1.54, 1.807) is 11.3 Å². The Morgan fingerprint density at radius 3 is 1.90 bits per heavy atom. The fourth-order valence-corrected chi connectivity index (χ4v) is 3.16. The zero-order valence-corrected chi connectivity index (χ0v) is 17.1. The molecule has 0 amide bonds. The normalized spacial score (nSPS) is 14.8. The van der Waals surface area contributed by atoms with E-state index in [0.29, 0.717) is 30.3 Å². The fraction of sp³-hybridized carbons (Fsp3) is 0.389. The number of hydrogen-bond acceptors (Lipinski definition) is 8. The Labute approximate surface area is 176 Å². The van der Waals surface area contributed by atoms with Crippen molar-refractivity contribution in [2.24, 2.45) is 0 Å². The van der Waals surface area contributed by atoms with Gasteiger partial charge in [0.1, 0.15) is 0 Å². The Bertz CT molecular complexity index is 722. The molecule has 11 nitrogen and oxygen atoms in total. The maximum atomic E-state index is 9.55. The van der Waals surface area contributed by atoms with Crippen molar-refractivity contribution in [1.29, 1.82) is 0 Å². The molecule has 166 valence electrons. The van der Waals surface area contributed by atoms with Gasteiger partial charge in [0.05, 0.1) is 5.69 Å². The number of anilines is 1. The molecule has 7 N–H and O–H groups in total. The van der Waals surface area contributed by atoms with Gasteiger partial charge in [-0.15, -0.1) is 11.3 Å². The second kappa shape index (κ2) is 14.7. The maximum Gasteiger partial charge on any atom is 0.328 e. The van der Waals surface area contributed by atoms with E-state index in [1.165, 1.54) is 23.4 Å². The molecule has 0 aromatic carbocycles. The summed E-state index contributed by atoms with van der Waals surface area (Å²) in [6, 6.07) is 0.641. The number of thiazole rings is 1. The van der Waals surface area contributed by atoms with Crippen molar-refractivity contribution in [1.82, 2.24) is 10.3 Å². The smallest absolute Gasteiger partial charge is 0.328 e. The SMILES string of the molecule is CCCN[C@@H]1CCc2nc(N)sc2C1.O=C(O)/C=C/C(=O)O.O=C(O)/C=C/C(=O)O. The first kappa shape index (κ1) is 26.8. The van der Waals surface area contributed by atoms with Crippen molar-refractivity contribution in [2.75, 3.05) is 12.3 Å². The molecule has 12 heteroatoms. The van der Waals surface area contributed by atoms with Gasteiger partial charge >= 0.3 is 23.9 Å². The van der Waals surface area contributed by atoms with Crippen molar-refractivity contribution in [3.8, 4) is 0 Å². The number of nitrogen functional groups attached to an aromatic ring is 1. The molecule has 1 aromatic rings. The first-order valence-corrected chi connectivity index (χ1v) is 9.62. The molecule has 2 rings (SSSR count). The van der Waals surface area contributed by atoms with E-state index >= 15 is 0 Å². The molecule has 0 saturated heterocycles. The lowest BCUT2D eigenvalue weighted by atomic mass is 9.98. The van der Waals surface area contributed by atoms with Crippen molar-refractivity contribution in [3.63, 3.8) is 0 Å². The fourth-order valence-electron chi connectivity index (χ4n) is 2.20. The molecule has 30 heavy (non-hydrogen) atoms. The van der Waals surface area contributed by atoms with E-state index in [2.05, 4.69) is 17.2 Å². The molecule has 1 aromatic heterocycles. The number of nitrogens with two attached hydrogens (primary N) is 1. The Morgan fingerprint density at radius 2 is 1.50 bits per heavy atom. The van der Waals surface area contributed by atoms with E-state index in [0.717, 1.165) is 24.5 Å². The predicted octanol–water partition coefficient (Wildman–Crippen LogP) is 1.01. The van der Waals surface area contributed by atoms with Crippen LogP contribution < -0.4 is 11.1 Å². The highest BCUT2D eigenvalue weighted by Crippen LogP contribution is 2.27. The van der Waals surface area contributed by atoms with Gasteiger partial charge in [-0.05, 0) is 32.2 Å². The number of aromatic nitrogens is 1. The first-order chi connectivity index (χ1) is 14.0. The van der Waals surface area contributed by atoms with Crippen LogP contribution in [0, 0.1) is 0 Å². The van der Waals surface area contributed by atoms with Gasteiger partial charge in [0, 0.05) is 35.2 Å². The highest BCUT2D eigenvalue weighted by Gasteiger charge is 2.21.